The van der Waals surface area contributed by atoms with Crippen LogP contribution in [0, 0.1) is 5.82 Å². The Balaban J connectivity index is 2.35. The summed E-state index contributed by atoms with van der Waals surface area (Å²) in [6, 6.07) is 4.30. The predicted molar refractivity (Wildman–Crippen MR) is 60.2 cm³/mol. The first-order valence-electron chi connectivity index (χ1n) is 4.63. The SMILES string of the molecule is CNCc1noc(-c2ccc(F)cc2Br)n1. The van der Waals surface area contributed by atoms with Crippen LogP contribution in [0.1, 0.15) is 5.82 Å². The van der Waals surface area contributed by atoms with Gasteiger partial charge >= 0.3 is 0 Å². The first-order chi connectivity index (χ1) is 7.70. The maximum atomic E-state index is 12.9. The Morgan fingerprint density at radius 1 is 1.50 bits per heavy atom. The molecule has 0 spiro atoms. The average Bonchev–Trinajstić information content (AvgIpc) is 2.67. The van der Waals surface area contributed by atoms with Crippen molar-refractivity contribution < 1.29 is 8.91 Å². The second-order valence-electron chi connectivity index (χ2n) is 3.17. The van der Waals surface area contributed by atoms with E-state index in [1.807, 2.05) is 0 Å². The first-order valence-corrected chi connectivity index (χ1v) is 5.42. The second-order valence-corrected chi connectivity index (χ2v) is 4.02. The minimum Gasteiger partial charge on any atom is -0.334 e. The van der Waals surface area contributed by atoms with Gasteiger partial charge < -0.3 is 9.84 Å². The van der Waals surface area contributed by atoms with E-state index in [0.29, 0.717) is 28.3 Å². The number of nitrogens with one attached hydrogen (secondary N) is 1. The van der Waals surface area contributed by atoms with Gasteiger partial charge in [0.1, 0.15) is 5.82 Å². The summed E-state index contributed by atoms with van der Waals surface area (Å²) in [7, 11) is 1.80. The minimum atomic E-state index is -0.314. The van der Waals surface area contributed by atoms with Crippen LogP contribution >= 0.6 is 15.9 Å². The van der Waals surface area contributed by atoms with Crippen molar-refractivity contribution in [2.75, 3.05) is 7.05 Å². The van der Waals surface area contributed by atoms with Crippen LogP contribution in [0.25, 0.3) is 11.5 Å². The van der Waals surface area contributed by atoms with Crippen LogP contribution < -0.4 is 5.32 Å². The highest BCUT2D eigenvalue weighted by atomic mass is 79.9. The van der Waals surface area contributed by atoms with E-state index in [4.69, 9.17) is 4.52 Å². The predicted octanol–water partition coefficient (Wildman–Crippen LogP) is 2.36. The fraction of sp³-hybridized carbons (Fsp3) is 0.200. The molecule has 1 N–H and O–H groups in total. The monoisotopic (exact) mass is 285 g/mol. The molecule has 0 aliphatic carbocycles. The number of hydrogen-bond donors (Lipinski definition) is 1. The van der Waals surface area contributed by atoms with Crippen LogP contribution in [0.2, 0.25) is 0 Å². The van der Waals surface area contributed by atoms with E-state index < -0.39 is 0 Å². The molecule has 1 heterocycles. The van der Waals surface area contributed by atoms with Crippen LogP contribution in [0.4, 0.5) is 4.39 Å². The lowest BCUT2D eigenvalue weighted by Crippen LogP contribution is -2.06. The quantitative estimate of drug-likeness (QED) is 0.941. The molecule has 0 saturated heterocycles. The van der Waals surface area contributed by atoms with Crippen molar-refractivity contribution in [3.05, 3.63) is 34.3 Å². The van der Waals surface area contributed by atoms with Crippen LogP contribution in [-0.2, 0) is 6.54 Å². The van der Waals surface area contributed by atoms with Gasteiger partial charge in [-0.1, -0.05) is 5.16 Å². The Morgan fingerprint density at radius 2 is 2.31 bits per heavy atom. The molecular formula is C10H9BrFN3O. The number of hydrogen-bond acceptors (Lipinski definition) is 4. The molecule has 0 radical (unpaired) electrons. The van der Waals surface area contributed by atoms with Gasteiger partial charge in [-0.15, -0.1) is 0 Å². The molecule has 6 heteroatoms. The van der Waals surface area contributed by atoms with Crippen LogP contribution in [0.5, 0.6) is 0 Å². The molecule has 0 aliphatic heterocycles. The third kappa shape index (κ3) is 2.28. The number of benzene rings is 1. The lowest BCUT2D eigenvalue weighted by Gasteiger charge is -1.97. The molecule has 2 aromatic rings. The summed E-state index contributed by atoms with van der Waals surface area (Å²) >= 11 is 3.25. The zero-order chi connectivity index (χ0) is 11.5. The van der Waals surface area contributed by atoms with Crippen LogP contribution in [-0.4, -0.2) is 17.2 Å². The number of aromatic nitrogens is 2. The van der Waals surface area contributed by atoms with Gasteiger partial charge in [-0.05, 0) is 41.2 Å². The molecule has 0 saturated carbocycles. The molecule has 0 fully saturated rings. The highest BCUT2D eigenvalue weighted by Gasteiger charge is 2.11. The van der Waals surface area contributed by atoms with E-state index in [2.05, 4.69) is 31.4 Å². The molecule has 0 unspecified atom stereocenters. The fourth-order valence-corrected chi connectivity index (χ4v) is 1.78. The molecule has 2 rings (SSSR count). The minimum absolute atomic E-state index is 0.314. The molecule has 0 bridgehead atoms. The summed E-state index contributed by atoms with van der Waals surface area (Å²) in [5, 5.41) is 6.70. The van der Waals surface area contributed by atoms with Crippen molar-refractivity contribution in [1.29, 1.82) is 0 Å². The second kappa shape index (κ2) is 4.71. The molecule has 0 atom stereocenters. The normalized spacial score (nSPS) is 10.7. The fourth-order valence-electron chi connectivity index (χ4n) is 1.26. The van der Waals surface area contributed by atoms with Crippen molar-refractivity contribution in [3.8, 4) is 11.5 Å². The van der Waals surface area contributed by atoms with Crippen molar-refractivity contribution in [2.24, 2.45) is 0 Å². The largest absolute Gasteiger partial charge is 0.334 e. The number of rotatable bonds is 3. The van der Waals surface area contributed by atoms with E-state index in [0.717, 1.165) is 0 Å². The zero-order valence-electron chi connectivity index (χ0n) is 8.50. The Kier molecular flexibility index (Phi) is 3.31. The highest BCUT2D eigenvalue weighted by Crippen LogP contribution is 2.27. The molecule has 4 nitrogen and oxygen atoms in total. The highest BCUT2D eigenvalue weighted by molar-refractivity contribution is 9.10. The summed E-state index contributed by atoms with van der Waals surface area (Å²) in [4.78, 5) is 4.17. The Hall–Kier alpha value is -1.27. The van der Waals surface area contributed by atoms with Crippen LogP contribution in [0.15, 0.2) is 27.2 Å². The van der Waals surface area contributed by atoms with Crippen molar-refractivity contribution in [1.82, 2.24) is 15.5 Å². The van der Waals surface area contributed by atoms with Gasteiger partial charge in [0.15, 0.2) is 5.82 Å². The van der Waals surface area contributed by atoms with Crippen molar-refractivity contribution >= 4 is 15.9 Å². The Morgan fingerprint density at radius 3 is 3.00 bits per heavy atom. The molecule has 16 heavy (non-hydrogen) atoms. The summed E-state index contributed by atoms with van der Waals surface area (Å²) < 4.78 is 18.5. The standard InChI is InChI=1S/C10H9BrFN3O/c1-13-5-9-14-10(16-15-9)7-3-2-6(12)4-8(7)11/h2-4,13H,5H2,1H3. The molecule has 1 aromatic heterocycles. The topological polar surface area (TPSA) is 51.0 Å². The average molecular weight is 286 g/mol. The van der Waals surface area contributed by atoms with Crippen LogP contribution in [0.3, 0.4) is 0 Å². The van der Waals surface area contributed by atoms with E-state index in [9.17, 15) is 4.39 Å². The third-order valence-corrected chi connectivity index (χ3v) is 2.62. The third-order valence-electron chi connectivity index (χ3n) is 1.96. The lowest BCUT2D eigenvalue weighted by atomic mass is 10.2. The van der Waals surface area contributed by atoms with Gasteiger partial charge in [-0.3, -0.25) is 0 Å². The van der Waals surface area contributed by atoms with Gasteiger partial charge in [0.2, 0.25) is 0 Å². The Bertz CT molecular complexity index is 501. The van der Waals surface area contributed by atoms with Crippen molar-refractivity contribution in [3.63, 3.8) is 0 Å². The maximum Gasteiger partial charge on any atom is 0.259 e. The molecule has 1 aromatic carbocycles. The van der Waals surface area contributed by atoms with E-state index >= 15 is 0 Å². The van der Waals surface area contributed by atoms with Gasteiger partial charge in [0.05, 0.1) is 12.1 Å². The van der Waals surface area contributed by atoms with Crippen molar-refractivity contribution in [2.45, 2.75) is 6.54 Å². The van der Waals surface area contributed by atoms with Gasteiger partial charge in [0, 0.05) is 4.47 Å². The van der Waals surface area contributed by atoms with E-state index in [-0.39, 0.29) is 5.82 Å². The van der Waals surface area contributed by atoms with E-state index in [1.165, 1.54) is 12.1 Å². The number of nitrogens with zero attached hydrogens (tertiary/aromatic N) is 2. The maximum absolute atomic E-state index is 12.9. The van der Waals surface area contributed by atoms with Gasteiger partial charge in [0.25, 0.3) is 5.89 Å². The lowest BCUT2D eigenvalue weighted by molar-refractivity contribution is 0.420. The Labute approximate surface area is 100.0 Å². The molecule has 84 valence electrons. The van der Waals surface area contributed by atoms with Gasteiger partial charge in [-0.25, -0.2) is 4.39 Å². The van der Waals surface area contributed by atoms with E-state index in [1.54, 1.807) is 13.1 Å². The first kappa shape index (κ1) is 11.2. The number of halogens is 2. The molecule has 0 amide bonds. The zero-order valence-corrected chi connectivity index (χ0v) is 10.1. The molecule has 0 aliphatic rings. The summed E-state index contributed by atoms with van der Waals surface area (Å²) in [6.45, 7) is 0.530. The summed E-state index contributed by atoms with van der Waals surface area (Å²) in [6.07, 6.45) is 0. The van der Waals surface area contributed by atoms with Gasteiger partial charge in [-0.2, -0.15) is 4.98 Å². The summed E-state index contributed by atoms with van der Waals surface area (Å²) in [5.74, 6) is 0.622. The smallest absolute Gasteiger partial charge is 0.259 e. The molecular weight excluding hydrogens is 277 g/mol. The summed E-state index contributed by atoms with van der Waals surface area (Å²) in [5.41, 5.74) is 0.677.